The third-order valence-electron chi connectivity index (χ3n) is 4.33. The molecule has 2 rings (SSSR count). The second-order valence-electron chi connectivity index (χ2n) is 6.65. The van der Waals surface area contributed by atoms with Crippen molar-refractivity contribution >= 4 is 17.9 Å². The lowest BCUT2D eigenvalue weighted by Gasteiger charge is -2.43. The fraction of sp³-hybridized carbons (Fsp3) is 0.550. The molecule has 0 radical (unpaired) electrons. The Labute approximate surface area is 164 Å². The lowest BCUT2D eigenvalue weighted by Crippen LogP contribution is -2.58. The molecule has 0 amide bonds. The second kappa shape index (κ2) is 10.2. The summed E-state index contributed by atoms with van der Waals surface area (Å²) >= 11 is 0. The van der Waals surface area contributed by atoms with Gasteiger partial charge in [-0.1, -0.05) is 37.3 Å². The minimum Gasteiger partial charge on any atom is -0.463 e. The largest absolute Gasteiger partial charge is 0.463 e. The third kappa shape index (κ3) is 6.31. The van der Waals surface area contributed by atoms with E-state index in [1.165, 1.54) is 20.8 Å². The molecule has 8 nitrogen and oxygen atoms in total. The van der Waals surface area contributed by atoms with Gasteiger partial charge in [0.1, 0.15) is 18.8 Å². The van der Waals surface area contributed by atoms with E-state index < -0.39 is 42.5 Å². The monoisotopic (exact) mass is 394 g/mol. The predicted molar refractivity (Wildman–Crippen MR) is 96.8 cm³/mol. The summed E-state index contributed by atoms with van der Waals surface area (Å²) in [5.41, 5.74) is 0.934. The highest BCUT2D eigenvalue weighted by Gasteiger charge is 2.48. The highest BCUT2D eigenvalue weighted by molar-refractivity contribution is 5.67. The van der Waals surface area contributed by atoms with E-state index in [4.69, 9.17) is 23.7 Å². The molecule has 1 aromatic carbocycles. The molecule has 28 heavy (non-hydrogen) atoms. The van der Waals surface area contributed by atoms with Crippen molar-refractivity contribution in [3.05, 3.63) is 35.9 Å². The van der Waals surface area contributed by atoms with Gasteiger partial charge in [0.25, 0.3) is 0 Å². The Morgan fingerprint density at radius 2 is 1.57 bits per heavy atom. The average molecular weight is 394 g/mol. The molecule has 0 aliphatic carbocycles. The zero-order valence-corrected chi connectivity index (χ0v) is 16.5. The molecule has 0 spiro atoms. The van der Waals surface area contributed by atoms with Crippen molar-refractivity contribution in [1.82, 2.24) is 0 Å². The zero-order valence-electron chi connectivity index (χ0n) is 16.5. The minimum absolute atomic E-state index is 0.0355. The first-order chi connectivity index (χ1) is 13.3. The number of ether oxygens (including phenoxy) is 5. The number of carbonyl (C=O) groups is 3. The van der Waals surface area contributed by atoms with Gasteiger partial charge in [0.15, 0.2) is 6.10 Å². The molecule has 0 aromatic heterocycles. The van der Waals surface area contributed by atoms with Gasteiger partial charge in [-0.2, -0.15) is 0 Å². The van der Waals surface area contributed by atoms with Gasteiger partial charge in [-0.15, -0.1) is 0 Å². The van der Waals surface area contributed by atoms with Gasteiger partial charge in [0.05, 0.1) is 6.61 Å². The van der Waals surface area contributed by atoms with Crippen LogP contribution in [0.4, 0.5) is 0 Å². The van der Waals surface area contributed by atoms with Gasteiger partial charge >= 0.3 is 17.9 Å². The van der Waals surface area contributed by atoms with Gasteiger partial charge in [-0.3, -0.25) is 14.4 Å². The number of benzene rings is 1. The number of hydrogen-bond acceptors (Lipinski definition) is 8. The average Bonchev–Trinajstić information content (AvgIpc) is 2.62. The molecular formula is C20H26O8. The molecule has 0 N–H and O–H groups in total. The predicted octanol–water partition coefficient (Wildman–Crippen LogP) is 1.99. The van der Waals surface area contributed by atoms with E-state index in [9.17, 15) is 14.4 Å². The van der Waals surface area contributed by atoms with Crippen LogP contribution in [0.2, 0.25) is 0 Å². The quantitative estimate of drug-likeness (QED) is 0.512. The van der Waals surface area contributed by atoms with Crippen LogP contribution in [0.15, 0.2) is 30.3 Å². The molecule has 1 heterocycles. The molecule has 5 atom stereocenters. The molecule has 0 saturated carbocycles. The van der Waals surface area contributed by atoms with Crippen LogP contribution in [0.3, 0.4) is 0 Å². The van der Waals surface area contributed by atoms with Crippen LogP contribution in [-0.2, 0) is 44.7 Å². The van der Waals surface area contributed by atoms with Crippen LogP contribution < -0.4 is 0 Å². The van der Waals surface area contributed by atoms with E-state index in [2.05, 4.69) is 0 Å². The Balaban J connectivity index is 2.23. The highest BCUT2D eigenvalue weighted by atomic mass is 16.7. The van der Waals surface area contributed by atoms with Crippen molar-refractivity contribution in [2.75, 3.05) is 6.61 Å². The maximum absolute atomic E-state index is 11.6. The zero-order chi connectivity index (χ0) is 20.7. The molecular weight excluding hydrogens is 368 g/mol. The van der Waals surface area contributed by atoms with Crippen LogP contribution in [-0.4, -0.2) is 49.1 Å². The summed E-state index contributed by atoms with van der Waals surface area (Å²) in [7, 11) is 0. The van der Waals surface area contributed by atoms with Gasteiger partial charge in [0.2, 0.25) is 6.29 Å². The molecule has 154 valence electrons. The molecule has 1 saturated heterocycles. The van der Waals surface area contributed by atoms with Gasteiger partial charge in [0, 0.05) is 26.7 Å². The van der Waals surface area contributed by atoms with E-state index in [1.54, 1.807) is 0 Å². The number of carbonyl (C=O) groups excluding carboxylic acids is 3. The van der Waals surface area contributed by atoms with E-state index in [-0.39, 0.29) is 19.1 Å². The number of hydrogen-bond donors (Lipinski definition) is 0. The smallest absolute Gasteiger partial charge is 0.305 e. The first-order valence-corrected chi connectivity index (χ1v) is 9.06. The summed E-state index contributed by atoms with van der Waals surface area (Å²) in [6, 6.07) is 9.49. The SMILES string of the molecule is CC(=O)OCC1OC(OC(C)=O)C(OC(C)=O)C(OCc2ccccc2)C1C. The van der Waals surface area contributed by atoms with Crippen molar-refractivity contribution in [2.24, 2.45) is 5.92 Å². The van der Waals surface area contributed by atoms with Gasteiger partial charge in [-0.25, -0.2) is 0 Å². The number of esters is 3. The summed E-state index contributed by atoms with van der Waals surface area (Å²) in [6.07, 6.45) is -3.35. The lowest BCUT2D eigenvalue weighted by molar-refractivity contribution is -0.291. The summed E-state index contributed by atoms with van der Waals surface area (Å²) in [6.45, 7) is 5.85. The van der Waals surface area contributed by atoms with Crippen LogP contribution in [0, 0.1) is 5.92 Å². The fourth-order valence-electron chi connectivity index (χ4n) is 3.02. The van der Waals surface area contributed by atoms with Crippen molar-refractivity contribution < 1.29 is 38.1 Å². The van der Waals surface area contributed by atoms with E-state index in [0.717, 1.165) is 5.56 Å². The van der Waals surface area contributed by atoms with Crippen LogP contribution in [0.5, 0.6) is 0 Å². The van der Waals surface area contributed by atoms with E-state index in [1.807, 2.05) is 37.3 Å². The number of rotatable bonds is 7. The van der Waals surface area contributed by atoms with Crippen LogP contribution in [0.1, 0.15) is 33.3 Å². The summed E-state index contributed by atoms with van der Waals surface area (Å²) < 4.78 is 27.5. The first-order valence-electron chi connectivity index (χ1n) is 9.06. The topological polar surface area (TPSA) is 97.4 Å². The van der Waals surface area contributed by atoms with Crippen molar-refractivity contribution in [2.45, 2.75) is 58.9 Å². The van der Waals surface area contributed by atoms with Gasteiger partial charge in [-0.05, 0) is 5.56 Å². The Kier molecular flexibility index (Phi) is 7.95. The van der Waals surface area contributed by atoms with E-state index >= 15 is 0 Å². The first kappa shape index (κ1) is 21.8. The Morgan fingerprint density at radius 3 is 2.14 bits per heavy atom. The Hall–Kier alpha value is -2.45. The van der Waals surface area contributed by atoms with Crippen molar-refractivity contribution in [3.63, 3.8) is 0 Å². The highest BCUT2D eigenvalue weighted by Crippen LogP contribution is 2.32. The third-order valence-corrected chi connectivity index (χ3v) is 4.33. The molecule has 1 aromatic rings. The molecule has 1 aliphatic rings. The Morgan fingerprint density at radius 1 is 0.929 bits per heavy atom. The second-order valence-corrected chi connectivity index (χ2v) is 6.65. The molecule has 1 fully saturated rings. The molecule has 8 heteroatoms. The summed E-state index contributed by atoms with van der Waals surface area (Å²) in [5.74, 6) is -1.91. The van der Waals surface area contributed by atoms with Crippen molar-refractivity contribution in [1.29, 1.82) is 0 Å². The van der Waals surface area contributed by atoms with Crippen LogP contribution in [0.25, 0.3) is 0 Å². The normalized spacial score (nSPS) is 26.9. The van der Waals surface area contributed by atoms with Crippen molar-refractivity contribution in [3.8, 4) is 0 Å². The molecule has 0 bridgehead atoms. The maximum Gasteiger partial charge on any atom is 0.305 e. The molecule has 1 aliphatic heterocycles. The fourth-order valence-corrected chi connectivity index (χ4v) is 3.02. The van der Waals surface area contributed by atoms with Gasteiger partial charge < -0.3 is 23.7 Å². The Bertz CT molecular complexity index is 674. The minimum atomic E-state index is -1.17. The van der Waals surface area contributed by atoms with Crippen LogP contribution >= 0.6 is 0 Å². The van der Waals surface area contributed by atoms with E-state index in [0.29, 0.717) is 0 Å². The summed E-state index contributed by atoms with van der Waals surface area (Å²) in [5, 5.41) is 0. The molecule has 5 unspecified atom stereocenters. The maximum atomic E-state index is 11.6. The summed E-state index contributed by atoms with van der Waals surface area (Å²) in [4.78, 5) is 34.3. The standard InChI is InChI=1S/C20H26O8/c1-12-17(11-24-13(2)21)28-20(27-15(4)23)19(26-14(3)22)18(12)25-10-16-8-6-5-7-9-16/h5-9,12,17-20H,10-11H2,1-4H3. The lowest BCUT2D eigenvalue weighted by atomic mass is 9.90.